The molecule has 0 aromatic heterocycles. The smallest absolute Gasteiger partial charge is 0.172 e. The van der Waals surface area contributed by atoms with Gasteiger partial charge in [-0.1, -0.05) is 28.4 Å². The molecule has 1 nitrogen and oxygen atoms in total. The third kappa shape index (κ3) is 1.79. The maximum Gasteiger partial charge on any atom is 0.172 e. The van der Waals surface area contributed by atoms with Crippen molar-refractivity contribution in [1.29, 1.82) is 0 Å². The topological polar surface area (TPSA) is 17.1 Å². The summed E-state index contributed by atoms with van der Waals surface area (Å²) in [5, 5.41) is 0. The van der Waals surface area contributed by atoms with Gasteiger partial charge in [-0.05, 0) is 38.2 Å². The molecule has 0 aliphatic heterocycles. The summed E-state index contributed by atoms with van der Waals surface area (Å²) in [6, 6.07) is 0. The van der Waals surface area contributed by atoms with Gasteiger partial charge in [0, 0.05) is 0 Å². The molecule has 1 saturated carbocycles. The van der Waals surface area contributed by atoms with Gasteiger partial charge in [0.2, 0.25) is 0 Å². The van der Waals surface area contributed by atoms with E-state index in [9.17, 15) is 4.79 Å². The van der Waals surface area contributed by atoms with Gasteiger partial charge in [-0.15, -0.1) is 0 Å². The van der Waals surface area contributed by atoms with Crippen molar-refractivity contribution in [2.45, 2.75) is 38.4 Å². The van der Waals surface area contributed by atoms with Crippen LogP contribution in [0.3, 0.4) is 0 Å². The molecule has 1 rings (SSSR count). The fourth-order valence-corrected chi connectivity index (χ4v) is 2.10. The van der Waals surface area contributed by atoms with Crippen LogP contribution in [0.25, 0.3) is 0 Å². The zero-order chi connectivity index (χ0) is 9.30. The molecule has 1 aliphatic carbocycles. The average molecular weight is 231 g/mol. The van der Waals surface area contributed by atoms with E-state index in [0.717, 1.165) is 18.4 Å². The van der Waals surface area contributed by atoms with E-state index < -0.39 is 0 Å². The van der Waals surface area contributed by atoms with E-state index in [4.69, 9.17) is 0 Å². The summed E-state index contributed by atoms with van der Waals surface area (Å²) in [6.45, 7) is 6.16. The van der Waals surface area contributed by atoms with Crippen molar-refractivity contribution in [2.24, 2.45) is 5.92 Å². The number of hydrogen-bond donors (Lipinski definition) is 0. The minimum atomic E-state index is 0.0520. The molecule has 0 heterocycles. The Morgan fingerprint density at radius 2 is 2.08 bits per heavy atom. The van der Waals surface area contributed by atoms with Gasteiger partial charge < -0.3 is 0 Å². The number of Topliss-reactive ketones (excluding diaryl/α,β-unsaturated/α-hetero) is 1. The highest BCUT2D eigenvalue weighted by Crippen LogP contribution is 2.31. The highest BCUT2D eigenvalue weighted by atomic mass is 79.9. The highest BCUT2D eigenvalue weighted by Gasteiger charge is 2.30. The third-order valence-corrected chi connectivity index (χ3v) is 3.82. The molecule has 0 N–H and O–H groups in total. The Balaban J connectivity index is 2.87. The molecule has 0 radical (unpaired) electrons. The number of allylic oxidation sites excluding steroid dienone is 2. The normalized spacial score (nSPS) is 30.7. The molecule has 2 heteroatoms. The number of ketones is 1. The van der Waals surface area contributed by atoms with Crippen LogP contribution >= 0.6 is 15.9 Å². The van der Waals surface area contributed by atoms with Crippen molar-refractivity contribution >= 4 is 21.7 Å². The lowest BCUT2D eigenvalue weighted by atomic mass is 9.84. The number of alkyl halides is 1. The van der Waals surface area contributed by atoms with Crippen molar-refractivity contribution in [1.82, 2.24) is 0 Å². The van der Waals surface area contributed by atoms with Crippen molar-refractivity contribution in [2.75, 3.05) is 0 Å². The lowest BCUT2D eigenvalue weighted by Gasteiger charge is -2.25. The number of rotatable bonds is 0. The maximum atomic E-state index is 11.7. The summed E-state index contributed by atoms with van der Waals surface area (Å²) in [7, 11) is 0. The van der Waals surface area contributed by atoms with Crippen molar-refractivity contribution in [3.63, 3.8) is 0 Å². The Bertz CT molecular complexity index is 226. The van der Waals surface area contributed by atoms with E-state index in [-0.39, 0.29) is 4.83 Å². The molecule has 2 atom stereocenters. The summed E-state index contributed by atoms with van der Waals surface area (Å²) in [4.78, 5) is 11.7. The summed E-state index contributed by atoms with van der Waals surface area (Å²) in [5.74, 6) is 0.786. The van der Waals surface area contributed by atoms with Gasteiger partial charge in [-0.2, -0.15) is 0 Å². The first kappa shape index (κ1) is 9.97. The third-order valence-electron chi connectivity index (χ3n) is 2.50. The van der Waals surface area contributed by atoms with Gasteiger partial charge in [0.25, 0.3) is 0 Å². The van der Waals surface area contributed by atoms with E-state index in [0.29, 0.717) is 11.7 Å². The summed E-state index contributed by atoms with van der Waals surface area (Å²) < 4.78 is 0. The van der Waals surface area contributed by atoms with Crippen LogP contribution in [-0.2, 0) is 4.79 Å². The molecule has 2 unspecified atom stereocenters. The monoisotopic (exact) mass is 230 g/mol. The molecule has 0 aromatic rings. The molecule has 1 fully saturated rings. The SMILES string of the molecule is CC(C)=C1CCC(C)C(Br)C1=O. The largest absolute Gasteiger partial charge is 0.293 e. The molecular weight excluding hydrogens is 216 g/mol. The minimum Gasteiger partial charge on any atom is -0.293 e. The molecule has 68 valence electrons. The van der Waals surface area contributed by atoms with E-state index in [1.165, 1.54) is 5.57 Å². The minimum absolute atomic E-state index is 0.0520. The number of hydrogen-bond acceptors (Lipinski definition) is 1. The number of halogens is 1. The maximum absolute atomic E-state index is 11.7. The molecule has 0 spiro atoms. The second-order valence-corrected chi connectivity index (χ2v) is 4.75. The van der Waals surface area contributed by atoms with Crippen LogP contribution in [0.15, 0.2) is 11.1 Å². The summed E-state index contributed by atoms with van der Waals surface area (Å²) >= 11 is 3.44. The predicted molar refractivity (Wildman–Crippen MR) is 54.5 cm³/mol. The zero-order valence-corrected chi connectivity index (χ0v) is 9.44. The van der Waals surface area contributed by atoms with E-state index in [2.05, 4.69) is 22.9 Å². The fourth-order valence-electron chi connectivity index (χ4n) is 1.56. The standard InChI is InChI=1S/C10H15BrO/c1-6(2)8-5-4-7(3)9(11)10(8)12/h7,9H,4-5H2,1-3H3. The molecule has 0 amide bonds. The molecule has 12 heavy (non-hydrogen) atoms. The van der Waals surface area contributed by atoms with Gasteiger partial charge in [-0.25, -0.2) is 0 Å². The lowest BCUT2D eigenvalue weighted by molar-refractivity contribution is -0.116. The van der Waals surface area contributed by atoms with Crippen LogP contribution in [0.5, 0.6) is 0 Å². The van der Waals surface area contributed by atoms with Crippen LogP contribution in [0.4, 0.5) is 0 Å². The molecule has 0 bridgehead atoms. The summed E-state index contributed by atoms with van der Waals surface area (Å²) in [6.07, 6.45) is 2.09. The average Bonchev–Trinajstić information content (AvgIpc) is 2.00. The van der Waals surface area contributed by atoms with Crippen LogP contribution in [0.2, 0.25) is 0 Å². The van der Waals surface area contributed by atoms with E-state index >= 15 is 0 Å². The van der Waals surface area contributed by atoms with Gasteiger partial charge in [-0.3, -0.25) is 4.79 Å². The summed E-state index contributed by atoms with van der Waals surface area (Å²) in [5.41, 5.74) is 2.21. The van der Waals surface area contributed by atoms with Gasteiger partial charge >= 0.3 is 0 Å². The van der Waals surface area contributed by atoms with Gasteiger partial charge in [0.15, 0.2) is 5.78 Å². The Hall–Kier alpha value is -0.110. The molecule has 0 saturated heterocycles. The van der Waals surface area contributed by atoms with Crippen molar-refractivity contribution in [3.8, 4) is 0 Å². The fraction of sp³-hybridized carbons (Fsp3) is 0.700. The predicted octanol–water partition coefficient (Wildman–Crippen LogP) is 3.09. The lowest BCUT2D eigenvalue weighted by Crippen LogP contribution is -2.29. The van der Waals surface area contributed by atoms with E-state index in [1.807, 2.05) is 13.8 Å². The van der Waals surface area contributed by atoms with Gasteiger partial charge in [0.05, 0.1) is 4.83 Å². The van der Waals surface area contributed by atoms with Crippen LogP contribution in [0, 0.1) is 5.92 Å². The number of carbonyl (C=O) groups is 1. The van der Waals surface area contributed by atoms with Crippen molar-refractivity contribution < 1.29 is 4.79 Å². The first-order valence-electron chi connectivity index (χ1n) is 4.38. The Morgan fingerprint density at radius 1 is 1.50 bits per heavy atom. The van der Waals surface area contributed by atoms with Crippen molar-refractivity contribution in [3.05, 3.63) is 11.1 Å². The molecule has 0 aromatic carbocycles. The zero-order valence-electron chi connectivity index (χ0n) is 7.86. The van der Waals surface area contributed by atoms with Crippen LogP contribution in [0.1, 0.15) is 33.6 Å². The second kappa shape index (κ2) is 3.73. The first-order chi connectivity index (χ1) is 5.54. The molecule has 1 aliphatic rings. The molecular formula is C10H15BrO. The Kier molecular flexibility index (Phi) is 3.10. The van der Waals surface area contributed by atoms with Crippen LogP contribution < -0.4 is 0 Å². The van der Waals surface area contributed by atoms with E-state index in [1.54, 1.807) is 0 Å². The second-order valence-electron chi connectivity index (χ2n) is 3.76. The van der Waals surface area contributed by atoms with Gasteiger partial charge in [0.1, 0.15) is 0 Å². The Labute approximate surface area is 82.4 Å². The quantitative estimate of drug-likeness (QED) is 0.462. The first-order valence-corrected chi connectivity index (χ1v) is 5.30. The Morgan fingerprint density at radius 3 is 2.58 bits per heavy atom. The highest BCUT2D eigenvalue weighted by molar-refractivity contribution is 9.10. The van der Waals surface area contributed by atoms with Crippen LogP contribution in [-0.4, -0.2) is 10.6 Å². The number of carbonyl (C=O) groups excluding carboxylic acids is 1.